The Morgan fingerprint density at radius 1 is 1.14 bits per heavy atom. The number of hydrogen-bond acceptors (Lipinski definition) is 7. The SMILES string of the molecule is CCOC(=O)c1c(NC(=O)CSc2nc(-c3ccc(C)cc3)cc(C(F)(F)F)n2)sc2c1CCCC2. The largest absolute Gasteiger partial charge is 0.462 e. The average molecular weight is 536 g/mol. The molecule has 1 aliphatic carbocycles. The van der Waals surface area contributed by atoms with Crippen molar-refractivity contribution in [3.8, 4) is 11.3 Å². The molecule has 1 N–H and O–H groups in total. The minimum atomic E-state index is -4.66. The van der Waals surface area contributed by atoms with Crippen LogP contribution in [0.5, 0.6) is 0 Å². The molecule has 1 aromatic carbocycles. The number of aromatic nitrogens is 2. The molecule has 3 aromatic rings. The Kier molecular flexibility index (Phi) is 7.99. The molecule has 0 bridgehead atoms. The lowest BCUT2D eigenvalue weighted by Gasteiger charge is -2.12. The zero-order valence-electron chi connectivity index (χ0n) is 19.7. The van der Waals surface area contributed by atoms with E-state index in [1.807, 2.05) is 6.92 Å². The lowest BCUT2D eigenvalue weighted by atomic mass is 9.95. The van der Waals surface area contributed by atoms with Gasteiger partial charge in [-0.15, -0.1) is 11.3 Å². The maximum Gasteiger partial charge on any atom is 0.433 e. The summed E-state index contributed by atoms with van der Waals surface area (Å²) in [6.45, 7) is 3.80. The number of alkyl halides is 3. The summed E-state index contributed by atoms with van der Waals surface area (Å²) in [6, 6.07) is 7.85. The van der Waals surface area contributed by atoms with E-state index in [1.165, 1.54) is 11.3 Å². The summed E-state index contributed by atoms with van der Waals surface area (Å²) in [5, 5.41) is 3.01. The van der Waals surface area contributed by atoms with Gasteiger partial charge in [0.2, 0.25) is 5.91 Å². The number of anilines is 1. The number of carbonyl (C=O) groups excluding carboxylic acids is 2. The molecular weight excluding hydrogens is 511 g/mol. The summed E-state index contributed by atoms with van der Waals surface area (Å²) < 4.78 is 45.7. The predicted molar refractivity (Wildman–Crippen MR) is 133 cm³/mol. The fourth-order valence-electron chi connectivity index (χ4n) is 3.87. The number of fused-ring (bicyclic) bond motifs is 1. The smallest absolute Gasteiger partial charge is 0.433 e. The van der Waals surface area contributed by atoms with E-state index in [0.29, 0.717) is 16.1 Å². The van der Waals surface area contributed by atoms with Crippen LogP contribution in [-0.2, 0) is 28.5 Å². The molecule has 2 heterocycles. The van der Waals surface area contributed by atoms with E-state index < -0.39 is 23.7 Å². The monoisotopic (exact) mass is 535 g/mol. The molecule has 0 spiro atoms. The number of halogens is 3. The van der Waals surface area contributed by atoms with Gasteiger partial charge in [0.15, 0.2) is 5.16 Å². The third-order valence-electron chi connectivity index (χ3n) is 5.58. The molecule has 2 aromatic heterocycles. The van der Waals surface area contributed by atoms with E-state index in [4.69, 9.17) is 4.74 Å². The van der Waals surface area contributed by atoms with E-state index in [2.05, 4.69) is 15.3 Å². The molecule has 0 radical (unpaired) electrons. The highest BCUT2D eigenvalue weighted by molar-refractivity contribution is 7.99. The van der Waals surface area contributed by atoms with Gasteiger partial charge in [-0.3, -0.25) is 4.79 Å². The second kappa shape index (κ2) is 11.0. The van der Waals surface area contributed by atoms with Crippen LogP contribution in [0.3, 0.4) is 0 Å². The lowest BCUT2D eigenvalue weighted by Crippen LogP contribution is -2.17. The highest BCUT2D eigenvalue weighted by atomic mass is 32.2. The first-order valence-electron chi connectivity index (χ1n) is 11.4. The number of carbonyl (C=O) groups is 2. The van der Waals surface area contributed by atoms with Crippen molar-refractivity contribution in [1.29, 1.82) is 0 Å². The van der Waals surface area contributed by atoms with E-state index in [9.17, 15) is 22.8 Å². The van der Waals surface area contributed by atoms with Crippen LogP contribution in [0, 0.1) is 6.92 Å². The van der Waals surface area contributed by atoms with E-state index in [-0.39, 0.29) is 23.2 Å². The number of ether oxygens (including phenoxy) is 1. The first-order valence-corrected chi connectivity index (χ1v) is 13.2. The van der Waals surface area contributed by atoms with Crippen molar-refractivity contribution in [3.05, 3.63) is 57.6 Å². The summed E-state index contributed by atoms with van der Waals surface area (Å²) in [6.07, 6.45) is -1.13. The molecule has 0 aliphatic heterocycles. The van der Waals surface area contributed by atoms with Gasteiger partial charge in [0.25, 0.3) is 0 Å². The second-order valence-corrected chi connectivity index (χ2v) is 10.3. The predicted octanol–water partition coefficient (Wildman–Crippen LogP) is 6.32. The summed E-state index contributed by atoms with van der Waals surface area (Å²) in [7, 11) is 0. The molecule has 0 saturated heterocycles. The number of aryl methyl sites for hydroxylation is 2. The molecule has 6 nitrogen and oxygen atoms in total. The van der Waals surface area contributed by atoms with Crippen LogP contribution >= 0.6 is 23.1 Å². The zero-order chi connectivity index (χ0) is 25.9. The molecule has 11 heteroatoms. The number of esters is 1. The topological polar surface area (TPSA) is 81.2 Å². The lowest BCUT2D eigenvalue weighted by molar-refractivity contribution is -0.141. The number of thioether (sulfide) groups is 1. The number of nitrogens with zero attached hydrogens (tertiary/aromatic N) is 2. The Bertz CT molecular complexity index is 1270. The molecule has 4 rings (SSSR count). The number of hydrogen-bond donors (Lipinski definition) is 1. The van der Waals surface area contributed by atoms with Crippen molar-refractivity contribution in [2.24, 2.45) is 0 Å². The molecule has 0 atom stereocenters. The Balaban J connectivity index is 1.54. The number of amides is 1. The standard InChI is InChI=1S/C25H24F3N3O3S2/c1-3-34-23(33)21-16-6-4-5-7-18(16)36-22(21)31-20(32)13-35-24-29-17(12-19(30-24)25(26,27)28)15-10-8-14(2)9-11-15/h8-12H,3-7,13H2,1-2H3,(H,31,32). The van der Waals surface area contributed by atoms with Gasteiger partial charge >= 0.3 is 12.1 Å². The molecule has 1 aliphatic rings. The fraction of sp³-hybridized carbons (Fsp3) is 0.360. The van der Waals surface area contributed by atoms with Crippen LogP contribution in [0.2, 0.25) is 0 Å². The Labute approximate surface area is 214 Å². The number of benzene rings is 1. The van der Waals surface area contributed by atoms with Crippen LogP contribution in [0.4, 0.5) is 18.2 Å². The highest BCUT2D eigenvalue weighted by Gasteiger charge is 2.34. The molecule has 36 heavy (non-hydrogen) atoms. The Morgan fingerprint density at radius 3 is 2.56 bits per heavy atom. The van der Waals surface area contributed by atoms with Crippen LogP contribution < -0.4 is 5.32 Å². The Morgan fingerprint density at radius 2 is 1.86 bits per heavy atom. The molecule has 0 unspecified atom stereocenters. The van der Waals surface area contributed by atoms with E-state index >= 15 is 0 Å². The van der Waals surface area contributed by atoms with E-state index in [0.717, 1.165) is 59.5 Å². The highest BCUT2D eigenvalue weighted by Crippen LogP contribution is 2.39. The van der Waals surface area contributed by atoms with Gasteiger partial charge < -0.3 is 10.1 Å². The maximum absolute atomic E-state index is 13.5. The van der Waals surface area contributed by atoms with Gasteiger partial charge in [-0.25, -0.2) is 14.8 Å². The van der Waals surface area contributed by atoms with Gasteiger partial charge in [0.1, 0.15) is 10.7 Å². The van der Waals surface area contributed by atoms with Gasteiger partial charge in [-0.2, -0.15) is 13.2 Å². The van der Waals surface area contributed by atoms with Crippen LogP contribution in [0.1, 0.15) is 51.8 Å². The van der Waals surface area contributed by atoms with Gasteiger partial charge in [-0.05, 0) is 51.2 Å². The van der Waals surface area contributed by atoms with Crippen molar-refractivity contribution in [2.75, 3.05) is 17.7 Å². The first kappa shape index (κ1) is 26.2. The molecular formula is C25H24F3N3O3S2. The summed E-state index contributed by atoms with van der Waals surface area (Å²) in [4.78, 5) is 34.3. The second-order valence-electron chi connectivity index (χ2n) is 8.26. The van der Waals surface area contributed by atoms with Crippen LogP contribution in [-0.4, -0.2) is 34.2 Å². The molecule has 190 valence electrons. The molecule has 0 saturated carbocycles. The van der Waals surface area contributed by atoms with Crippen LogP contribution in [0.15, 0.2) is 35.5 Å². The third-order valence-corrected chi connectivity index (χ3v) is 7.63. The first-order chi connectivity index (χ1) is 17.2. The van der Waals surface area contributed by atoms with E-state index in [1.54, 1.807) is 31.2 Å². The quantitative estimate of drug-likeness (QED) is 0.217. The van der Waals surface area contributed by atoms with Gasteiger partial charge in [0.05, 0.1) is 23.6 Å². The average Bonchev–Trinajstić information content (AvgIpc) is 3.20. The Hall–Kier alpha value is -2.92. The van der Waals surface area contributed by atoms with Gasteiger partial charge in [-0.1, -0.05) is 41.6 Å². The van der Waals surface area contributed by atoms with Crippen molar-refractivity contribution in [2.45, 2.75) is 50.9 Å². The van der Waals surface area contributed by atoms with Crippen molar-refractivity contribution >= 4 is 40.0 Å². The van der Waals surface area contributed by atoms with Gasteiger partial charge in [0, 0.05) is 10.4 Å². The van der Waals surface area contributed by atoms with Crippen molar-refractivity contribution in [1.82, 2.24) is 9.97 Å². The number of thiophene rings is 1. The minimum Gasteiger partial charge on any atom is -0.462 e. The maximum atomic E-state index is 13.5. The number of nitrogens with one attached hydrogen (secondary N) is 1. The number of rotatable bonds is 7. The summed E-state index contributed by atoms with van der Waals surface area (Å²) in [5.74, 6) is -1.18. The normalized spacial score (nSPS) is 13.2. The van der Waals surface area contributed by atoms with Crippen LogP contribution in [0.25, 0.3) is 11.3 Å². The summed E-state index contributed by atoms with van der Waals surface area (Å²) >= 11 is 2.15. The third kappa shape index (κ3) is 6.07. The molecule has 1 amide bonds. The van der Waals surface area contributed by atoms with Crippen molar-refractivity contribution < 1.29 is 27.5 Å². The zero-order valence-corrected chi connectivity index (χ0v) is 21.3. The van der Waals surface area contributed by atoms with Crippen molar-refractivity contribution in [3.63, 3.8) is 0 Å². The molecule has 0 fully saturated rings. The summed E-state index contributed by atoms with van der Waals surface area (Å²) in [5.41, 5.74) is 1.82. The fourth-order valence-corrected chi connectivity index (χ4v) is 5.82. The minimum absolute atomic E-state index is 0.121.